The van der Waals surface area contributed by atoms with Gasteiger partial charge in [-0.15, -0.1) is 5.10 Å². The summed E-state index contributed by atoms with van der Waals surface area (Å²) in [6.45, 7) is 5.78. The van der Waals surface area contributed by atoms with Gasteiger partial charge >= 0.3 is 0 Å². The zero-order valence-corrected chi connectivity index (χ0v) is 11.3. The second-order valence-corrected chi connectivity index (χ2v) is 4.94. The third-order valence-electron chi connectivity index (χ3n) is 3.67. The summed E-state index contributed by atoms with van der Waals surface area (Å²) in [5, 5.41) is 8.65. The van der Waals surface area contributed by atoms with Crippen molar-refractivity contribution >= 4 is 11.0 Å². The number of morpholine rings is 1. The molecule has 1 saturated heterocycles. The zero-order valence-electron chi connectivity index (χ0n) is 11.3. The first-order chi connectivity index (χ1) is 9.40. The highest BCUT2D eigenvalue weighted by Gasteiger charge is 2.23. The molecule has 2 heterocycles. The molecule has 0 saturated carbocycles. The maximum absolute atomic E-state index is 5.45. The minimum atomic E-state index is 0.293. The SMILES string of the molecule is CCCC(N1CCOCC1)n1nnc2ccccc21. The predicted octanol–water partition coefficient (Wildman–Crippen LogP) is 2.06. The molecule has 0 N–H and O–H groups in total. The number of nitrogens with zero attached hydrogens (tertiary/aromatic N) is 4. The Kier molecular flexibility index (Phi) is 3.75. The van der Waals surface area contributed by atoms with Gasteiger partial charge in [-0.3, -0.25) is 4.90 Å². The lowest BCUT2D eigenvalue weighted by atomic mass is 10.2. The van der Waals surface area contributed by atoms with Crippen molar-refractivity contribution in [3.63, 3.8) is 0 Å². The first kappa shape index (κ1) is 12.6. The fourth-order valence-corrected chi connectivity index (χ4v) is 2.70. The number of fused-ring (bicyclic) bond motifs is 1. The lowest BCUT2D eigenvalue weighted by molar-refractivity contribution is -0.00702. The van der Waals surface area contributed by atoms with Crippen LogP contribution in [0.3, 0.4) is 0 Å². The van der Waals surface area contributed by atoms with Gasteiger partial charge < -0.3 is 4.74 Å². The summed E-state index contributed by atoms with van der Waals surface area (Å²) in [6.07, 6.45) is 2.52. The fraction of sp³-hybridized carbons (Fsp3) is 0.571. The van der Waals surface area contributed by atoms with Crippen LogP contribution in [0.5, 0.6) is 0 Å². The molecule has 0 aliphatic carbocycles. The van der Waals surface area contributed by atoms with Gasteiger partial charge in [0.2, 0.25) is 0 Å². The Balaban J connectivity index is 1.94. The Morgan fingerprint density at radius 2 is 2.05 bits per heavy atom. The van der Waals surface area contributed by atoms with Gasteiger partial charge in [0.05, 0.1) is 18.7 Å². The Morgan fingerprint density at radius 1 is 1.26 bits per heavy atom. The third-order valence-corrected chi connectivity index (χ3v) is 3.67. The van der Waals surface area contributed by atoms with Crippen LogP contribution in [0.1, 0.15) is 25.9 Å². The number of benzene rings is 1. The van der Waals surface area contributed by atoms with Crippen LogP contribution in [0.2, 0.25) is 0 Å². The van der Waals surface area contributed by atoms with Gasteiger partial charge in [0.1, 0.15) is 11.7 Å². The molecule has 1 aromatic heterocycles. The molecule has 5 nitrogen and oxygen atoms in total. The molecule has 1 aliphatic rings. The second kappa shape index (κ2) is 5.67. The summed E-state index contributed by atoms with van der Waals surface area (Å²) < 4.78 is 7.52. The van der Waals surface area contributed by atoms with E-state index in [1.54, 1.807) is 0 Å². The largest absolute Gasteiger partial charge is 0.379 e. The van der Waals surface area contributed by atoms with Crippen LogP contribution < -0.4 is 0 Å². The van der Waals surface area contributed by atoms with Crippen LogP contribution in [-0.4, -0.2) is 46.2 Å². The van der Waals surface area contributed by atoms with Gasteiger partial charge in [-0.05, 0) is 18.6 Å². The highest BCUT2D eigenvalue weighted by Crippen LogP contribution is 2.23. The summed E-state index contributed by atoms with van der Waals surface area (Å²) in [6, 6.07) is 8.16. The van der Waals surface area contributed by atoms with Crippen molar-refractivity contribution in [2.75, 3.05) is 26.3 Å². The minimum absolute atomic E-state index is 0.293. The number of para-hydroxylation sites is 1. The molecule has 1 aromatic carbocycles. The standard InChI is InChI=1S/C14H20N4O/c1-2-5-14(17-8-10-19-11-9-17)18-13-7-4-3-6-12(13)15-16-18/h3-4,6-7,14H,2,5,8-11H2,1H3. The maximum Gasteiger partial charge on any atom is 0.113 e. The van der Waals surface area contributed by atoms with Crippen molar-refractivity contribution in [1.29, 1.82) is 0 Å². The van der Waals surface area contributed by atoms with Crippen LogP contribution in [0, 0.1) is 0 Å². The van der Waals surface area contributed by atoms with Gasteiger partial charge in [-0.1, -0.05) is 30.7 Å². The minimum Gasteiger partial charge on any atom is -0.379 e. The quantitative estimate of drug-likeness (QED) is 0.844. The summed E-state index contributed by atoms with van der Waals surface area (Å²) in [4.78, 5) is 2.45. The zero-order chi connectivity index (χ0) is 13.1. The van der Waals surface area contributed by atoms with Crippen molar-refractivity contribution in [2.24, 2.45) is 0 Å². The van der Waals surface area contributed by atoms with Crippen LogP contribution in [0.15, 0.2) is 24.3 Å². The van der Waals surface area contributed by atoms with Gasteiger partial charge in [0.15, 0.2) is 0 Å². The first-order valence-electron chi connectivity index (χ1n) is 7.02. The van der Waals surface area contributed by atoms with Crippen molar-refractivity contribution < 1.29 is 4.74 Å². The van der Waals surface area contributed by atoms with E-state index in [1.165, 1.54) is 0 Å². The molecule has 1 unspecified atom stereocenters. The molecule has 2 aromatic rings. The van der Waals surface area contributed by atoms with Crippen molar-refractivity contribution in [2.45, 2.75) is 25.9 Å². The van der Waals surface area contributed by atoms with E-state index in [0.29, 0.717) is 6.17 Å². The average molecular weight is 260 g/mol. The van der Waals surface area contributed by atoms with E-state index >= 15 is 0 Å². The summed E-state index contributed by atoms with van der Waals surface area (Å²) in [7, 11) is 0. The molecule has 1 fully saturated rings. The van der Waals surface area contributed by atoms with Crippen molar-refractivity contribution in [1.82, 2.24) is 19.9 Å². The lowest BCUT2D eigenvalue weighted by Gasteiger charge is -2.34. The molecule has 3 rings (SSSR count). The lowest BCUT2D eigenvalue weighted by Crippen LogP contribution is -2.41. The van der Waals surface area contributed by atoms with E-state index < -0.39 is 0 Å². The molecular formula is C14H20N4O. The van der Waals surface area contributed by atoms with Crippen molar-refractivity contribution in [3.8, 4) is 0 Å². The molecular weight excluding hydrogens is 240 g/mol. The number of rotatable bonds is 4. The van der Waals surface area contributed by atoms with E-state index in [2.05, 4.69) is 32.9 Å². The van der Waals surface area contributed by atoms with Gasteiger partial charge in [-0.2, -0.15) is 0 Å². The summed E-state index contributed by atoms with van der Waals surface area (Å²) in [5.41, 5.74) is 2.09. The molecule has 0 bridgehead atoms. The average Bonchev–Trinajstić information content (AvgIpc) is 2.89. The monoisotopic (exact) mass is 260 g/mol. The highest BCUT2D eigenvalue weighted by molar-refractivity contribution is 5.73. The van der Waals surface area contributed by atoms with Crippen molar-refractivity contribution in [3.05, 3.63) is 24.3 Å². The van der Waals surface area contributed by atoms with Crippen LogP contribution in [0.4, 0.5) is 0 Å². The fourth-order valence-electron chi connectivity index (χ4n) is 2.70. The van der Waals surface area contributed by atoms with E-state index in [4.69, 9.17) is 4.74 Å². The number of aromatic nitrogens is 3. The summed E-state index contributed by atoms with van der Waals surface area (Å²) in [5.74, 6) is 0. The van der Waals surface area contributed by atoms with E-state index in [1.807, 2.05) is 18.2 Å². The number of hydrogen-bond donors (Lipinski definition) is 0. The maximum atomic E-state index is 5.45. The van der Waals surface area contributed by atoms with Crippen LogP contribution >= 0.6 is 0 Å². The molecule has 0 amide bonds. The topological polar surface area (TPSA) is 43.2 Å². The van der Waals surface area contributed by atoms with E-state index in [9.17, 15) is 0 Å². The second-order valence-electron chi connectivity index (χ2n) is 4.94. The number of ether oxygens (including phenoxy) is 1. The van der Waals surface area contributed by atoms with E-state index in [-0.39, 0.29) is 0 Å². The van der Waals surface area contributed by atoms with Crippen LogP contribution in [0.25, 0.3) is 11.0 Å². The predicted molar refractivity (Wildman–Crippen MR) is 73.9 cm³/mol. The van der Waals surface area contributed by atoms with Gasteiger partial charge in [0.25, 0.3) is 0 Å². The Hall–Kier alpha value is -1.46. The van der Waals surface area contributed by atoms with Gasteiger partial charge in [0, 0.05) is 13.1 Å². The highest BCUT2D eigenvalue weighted by atomic mass is 16.5. The molecule has 1 atom stereocenters. The molecule has 5 heteroatoms. The van der Waals surface area contributed by atoms with Crippen LogP contribution in [-0.2, 0) is 4.74 Å². The molecule has 102 valence electrons. The normalized spacial score (nSPS) is 18.8. The molecule has 0 spiro atoms. The first-order valence-corrected chi connectivity index (χ1v) is 7.02. The Morgan fingerprint density at radius 3 is 2.84 bits per heavy atom. The molecule has 1 aliphatic heterocycles. The third kappa shape index (κ3) is 2.48. The van der Waals surface area contributed by atoms with E-state index in [0.717, 1.165) is 50.2 Å². The Labute approximate surface area is 113 Å². The van der Waals surface area contributed by atoms with Gasteiger partial charge in [-0.25, -0.2) is 4.68 Å². The summed E-state index contributed by atoms with van der Waals surface area (Å²) >= 11 is 0. The molecule has 19 heavy (non-hydrogen) atoms. The smallest absolute Gasteiger partial charge is 0.113 e. The molecule has 0 radical (unpaired) electrons. The number of hydrogen-bond acceptors (Lipinski definition) is 4. The Bertz CT molecular complexity index is 533.